The molecule has 0 aromatic rings. The van der Waals surface area contributed by atoms with Crippen molar-refractivity contribution in [3.8, 4) is 0 Å². The summed E-state index contributed by atoms with van der Waals surface area (Å²) in [6.07, 6.45) is 12.5. The molecule has 3 N–H and O–H groups in total. The minimum atomic E-state index is -2.37. The van der Waals surface area contributed by atoms with Crippen molar-refractivity contribution in [3.63, 3.8) is 0 Å². The van der Waals surface area contributed by atoms with Gasteiger partial charge in [0.05, 0.1) is 18.3 Å². The molecule has 4 aliphatic rings. The van der Waals surface area contributed by atoms with Gasteiger partial charge >= 0.3 is 5.97 Å². The standard InChI is InChI=1S/C51H79NO12/c1-30-16-12-11-13-17-31(2)32(3)27-39-21-19-37(8)51(60,64-39)48(57)49(58)52-23-15-14-18-40(52)50(59)63-43(34(5)26-38-20-22-41(53)44(28-38)61-9)29-42(54)33(4)25-36(7)46(56)47(62-10)45(55)35(6)24-30/h11-13,16-17,25,30,32-35,37-41,43-44,46-47,53,56,60H,14-15,18-24,26-29H2,1-10H3/b13-11+,16-12+,31-17+,36-25+/t30-,32?,33-,34-,35-,37-,38+,39+,40+,41+,43?,44-,46-,47+,51-/m1/s1. The smallest absolute Gasteiger partial charge is 0.329 e. The first-order valence-electron chi connectivity index (χ1n) is 23.9. The number of allylic oxidation sites excluding steroid dienone is 7. The number of fused-ring (bicyclic) bond motifs is 3. The number of hydrogen-bond acceptors (Lipinski definition) is 12. The van der Waals surface area contributed by atoms with Crippen LogP contribution in [0.3, 0.4) is 0 Å². The Balaban J connectivity index is 1.69. The highest BCUT2D eigenvalue weighted by Crippen LogP contribution is 2.38. The number of esters is 1. The molecule has 64 heavy (non-hydrogen) atoms. The van der Waals surface area contributed by atoms with Gasteiger partial charge in [0.15, 0.2) is 5.78 Å². The number of carbonyl (C=O) groups is 5. The maximum absolute atomic E-state index is 14.3. The van der Waals surface area contributed by atoms with Crippen LogP contribution in [-0.4, -0.2) is 119 Å². The van der Waals surface area contributed by atoms with Crippen LogP contribution in [0.5, 0.6) is 0 Å². The van der Waals surface area contributed by atoms with E-state index in [1.54, 1.807) is 34.0 Å². The lowest BCUT2D eigenvalue weighted by Crippen LogP contribution is -2.60. The summed E-state index contributed by atoms with van der Waals surface area (Å²) in [4.78, 5) is 71.7. The minimum Gasteiger partial charge on any atom is -0.460 e. The quantitative estimate of drug-likeness (QED) is 0.149. The molecule has 15 atom stereocenters. The number of nitrogens with zero attached hydrogens (tertiary/aromatic N) is 1. The van der Waals surface area contributed by atoms with Gasteiger partial charge in [0.2, 0.25) is 5.79 Å². The Bertz CT molecular complexity index is 1740. The van der Waals surface area contributed by atoms with E-state index >= 15 is 0 Å². The molecule has 2 bridgehead atoms. The number of hydrogen-bond donors (Lipinski definition) is 3. The van der Waals surface area contributed by atoms with E-state index in [0.717, 1.165) is 12.0 Å². The van der Waals surface area contributed by atoms with E-state index in [-0.39, 0.29) is 60.7 Å². The molecule has 3 heterocycles. The second-order valence-electron chi connectivity index (χ2n) is 19.8. The first kappa shape index (κ1) is 53.3. The number of cyclic esters (lactones) is 1. The fourth-order valence-corrected chi connectivity index (χ4v) is 10.0. The molecule has 3 fully saturated rings. The van der Waals surface area contributed by atoms with Gasteiger partial charge in [-0.2, -0.15) is 0 Å². The van der Waals surface area contributed by atoms with Gasteiger partial charge in [-0.1, -0.05) is 83.6 Å². The summed E-state index contributed by atoms with van der Waals surface area (Å²) in [7, 11) is 2.95. The molecule has 0 aromatic heterocycles. The zero-order valence-electron chi connectivity index (χ0n) is 40.2. The lowest BCUT2D eigenvalue weighted by atomic mass is 9.78. The van der Waals surface area contributed by atoms with Crippen molar-refractivity contribution in [3.05, 3.63) is 47.6 Å². The van der Waals surface area contributed by atoms with Gasteiger partial charge in [-0.3, -0.25) is 19.2 Å². The van der Waals surface area contributed by atoms with Gasteiger partial charge in [-0.15, -0.1) is 0 Å². The van der Waals surface area contributed by atoms with Crippen LogP contribution in [-0.2, 0) is 42.9 Å². The predicted octanol–water partition coefficient (Wildman–Crippen LogP) is 6.80. The molecular weight excluding hydrogens is 819 g/mol. The summed E-state index contributed by atoms with van der Waals surface area (Å²) in [5.74, 6) is -7.66. The van der Waals surface area contributed by atoms with Gasteiger partial charge in [-0.25, -0.2) is 4.79 Å². The average Bonchev–Trinajstić information content (AvgIpc) is 3.26. The van der Waals surface area contributed by atoms with E-state index in [4.69, 9.17) is 18.9 Å². The van der Waals surface area contributed by atoms with Crippen LogP contribution in [0.25, 0.3) is 0 Å². The van der Waals surface area contributed by atoms with Crippen molar-refractivity contribution in [2.45, 2.75) is 181 Å². The lowest BCUT2D eigenvalue weighted by Gasteiger charge is -2.42. The lowest BCUT2D eigenvalue weighted by molar-refractivity contribution is -0.264. The van der Waals surface area contributed by atoms with E-state index in [9.17, 15) is 39.3 Å². The van der Waals surface area contributed by atoms with Crippen molar-refractivity contribution in [1.82, 2.24) is 4.90 Å². The Hall–Kier alpha value is -3.33. The number of aliphatic hydroxyl groups excluding tert-OH is 2. The third kappa shape index (κ3) is 13.9. The van der Waals surface area contributed by atoms with Crippen LogP contribution < -0.4 is 0 Å². The summed E-state index contributed by atoms with van der Waals surface area (Å²) in [5, 5.41) is 33.8. The van der Waals surface area contributed by atoms with Crippen molar-refractivity contribution < 1.29 is 58.2 Å². The summed E-state index contributed by atoms with van der Waals surface area (Å²) in [6.45, 7) is 15.0. The Morgan fingerprint density at radius 3 is 2.25 bits per heavy atom. The number of ether oxygens (including phenoxy) is 4. The maximum Gasteiger partial charge on any atom is 0.329 e. The molecule has 13 nitrogen and oxygen atoms in total. The van der Waals surface area contributed by atoms with E-state index < -0.39 is 77.8 Å². The molecule has 1 amide bonds. The number of carbonyl (C=O) groups excluding carboxylic acids is 5. The van der Waals surface area contributed by atoms with Gasteiger partial charge in [-0.05, 0) is 114 Å². The predicted molar refractivity (Wildman–Crippen MR) is 244 cm³/mol. The summed E-state index contributed by atoms with van der Waals surface area (Å²) in [6, 6.07) is -1.12. The highest BCUT2D eigenvalue weighted by molar-refractivity contribution is 6.39. The number of piperidine rings is 1. The average molecular weight is 898 g/mol. The summed E-state index contributed by atoms with van der Waals surface area (Å²) < 4.78 is 23.6. The van der Waals surface area contributed by atoms with Crippen LogP contribution in [0, 0.1) is 41.4 Å². The SMILES string of the molecule is CO[C@@H]1C[C@H](C[C@@H](C)C2CC(=O)[C@H](C)/C=C(\C)[C@@H](O)[C@@H](OC)C(=O)[C@H](C)C[C@H](C)/C=C/C=C/C=C(\C)C(C)C[C@@H]3CC[C@@H](C)[C@@](O)(O3)C(=O)C(=O)N3CCCC[C@H]3C(=O)O2)CC[C@@H]1O. The summed E-state index contributed by atoms with van der Waals surface area (Å²) in [5.41, 5.74) is 1.46. The van der Waals surface area contributed by atoms with Crippen molar-refractivity contribution >= 4 is 29.2 Å². The van der Waals surface area contributed by atoms with E-state index in [1.165, 1.54) is 12.0 Å². The van der Waals surface area contributed by atoms with Crippen LogP contribution in [0.2, 0.25) is 0 Å². The second-order valence-corrected chi connectivity index (χ2v) is 19.8. The first-order chi connectivity index (χ1) is 30.2. The molecule has 2 unspecified atom stereocenters. The third-order valence-corrected chi connectivity index (χ3v) is 14.6. The van der Waals surface area contributed by atoms with Crippen LogP contribution in [0.1, 0.15) is 132 Å². The topological polar surface area (TPSA) is 186 Å². The highest BCUT2D eigenvalue weighted by atomic mass is 16.6. The van der Waals surface area contributed by atoms with E-state index in [2.05, 4.69) is 0 Å². The zero-order valence-corrected chi connectivity index (χ0v) is 40.2. The molecule has 0 radical (unpaired) electrons. The molecule has 360 valence electrons. The Morgan fingerprint density at radius 2 is 1.56 bits per heavy atom. The van der Waals surface area contributed by atoms with Crippen LogP contribution >= 0.6 is 0 Å². The Morgan fingerprint density at radius 1 is 0.844 bits per heavy atom. The van der Waals surface area contributed by atoms with Crippen LogP contribution in [0.15, 0.2) is 47.6 Å². The first-order valence-corrected chi connectivity index (χ1v) is 23.9. The number of ketones is 3. The third-order valence-electron chi connectivity index (χ3n) is 14.6. The Kier molecular flexibility index (Phi) is 20.4. The fourth-order valence-electron chi connectivity index (χ4n) is 10.0. The van der Waals surface area contributed by atoms with E-state index in [1.807, 2.05) is 65.0 Å². The van der Waals surface area contributed by atoms with Gasteiger partial charge < -0.3 is 39.2 Å². The van der Waals surface area contributed by atoms with Crippen LogP contribution in [0.4, 0.5) is 0 Å². The minimum absolute atomic E-state index is 0.0315. The molecule has 0 aromatic carbocycles. The number of aliphatic hydroxyl groups is 3. The van der Waals surface area contributed by atoms with Gasteiger partial charge in [0.25, 0.3) is 11.7 Å². The van der Waals surface area contributed by atoms with Crippen molar-refractivity contribution in [2.24, 2.45) is 41.4 Å². The molecule has 1 saturated carbocycles. The molecular formula is C51H79NO12. The second kappa shape index (κ2) is 24.4. The maximum atomic E-state index is 14.3. The monoisotopic (exact) mass is 898 g/mol. The zero-order chi connectivity index (χ0) is 47.5. The number of methoxy groups -OCH3 is 2. The highest BCUT2D eigenvalue weighted by Gasteiger charge is 2.53. The largest absolute Gasteiger partial charge is 0.460 e. The number of Topliss-reactive ketones (excluding diaryl/α,β-unsaturated/α-hetero) is 3. The molecule has 13 heteroatoms. The van der Waals surface area contributed by atoms with Gasteiger partial charge in [0.1, 0.15) is 30.1 Å². The molecule has 0 spiro atoms. The Labute approximate surface area is 382 Å². The van der Waals surface area contributed by atoms with Gasteiger partial charge in [0, 0.05) is 44.9 Å². The fraction of sp³-hybridized carbons (Fsp3) is 0.745. The molecule has 1 aliphatic carbocycles. The molecule has 2 saturated heterocycles. The normalized spacial score (nSPS) is 40.9. The summed E-state index contributed by atoms with van der Waals surface area (Å²) >= 11 is 0. The van der Waals surface area contributed by atoms with E-state index in [0.29, 0.717) is 63.4 Å². The van der Waals surface area contributed by atoms with Crippen molar-refractivity contribution in [1.29, 1.82) is 0 Å². The van der Waals surface area contributed by atoms with Crippen molar-refractivity contribution in [2.75, 3.05) is 20.8 Å². The molecule has 4 rings (SSSR count). The molecule has 3 aliphatic heterocycles. The number of rotatable bonds is 5. The number of amides is 1.